The van der Waals surface area contributed by atoms with Gasteiger partial charge in [0.1, 0.15) is 11.3 Å². The Morgan fingerprint density at radius 3 is 2.34 bits per heavy atom. The van der Waals surface area contributed by atoms with Gasteiger partial charge in [-0.2, -0.15) is 0 Å². The Hall–Kier alpha value is -2.82. The Kier molecular flexibility index (Phi) is 5.31. The molecule has 0 aromatic heterocycles. The van der Waals surface area contributed by atoms with Crippen molar-refractivity contribution in [2.45, 2.75) is 51.0 Å². The van der Waals surface area contributed by atoms with Crippen molar-refractivity contribution in [2.75, 3.05) is 18.0 Å². The van der Waals surface area contributed by atoms with Gasteiger partial charge in [-0.1, -0.05) is 29.8 Å². The number of piperidine rings is 1. The van der Waals surface area contributed by atoms with E-state index in [-0.39, 0.29) is 17.6 Å². The summed E-state index contributed by atoms with van der Waals surface area (Å²) < 4.78 is 0. The molecule has 29 heavy (non-hydrogen) atoms. The maximum absolute atomic E-state index is 13.6. The highest BCUT2D eigenvalue weighted by Gasteiger charge is 2.52. The SMILES string of the molecule is Cc1ccc(N2CCCC3(CCCN3C(=O)CCc3ccc(O)cc3)C2=O)cc1. The minimum Gasteiger partial charge on any atom is -0.508 e. The topological polar surface area (TPSA) is 60.9 Å². The molecular formula is C24H28N2O3. The van der Waals surface area contributed by atoms with E-state index in [9.17, 15) is 14.7 Å². The van der Waals surface area contributed by atoms with E-state index in [0.717, 1.165) is 36.9 Å². The third-order valence-electron chi connectivity index (χ3n) is 6.31. The summed E-state index contributed by atoms with van der Waals surface area (Å²) in [5.41, 5.74) is 2.42. The Bertz CT molecular complexity index is 891. The molecule has 0 aliphatic carbocycles. The van der Waals surface area contributed by atoms with Crippen LogP contribution >= 0.6 is 0 Å². The number of anilines is 1. The largest absolute Gasteiger partial charge is 0.508 e. The van der Waals surface area contributed by atoms with Gasteiger partial charge in [0.15, 0.2) is 0 Å². The van der Waals surface area contributed by atoms with Crippen molar-refractivity contribution in [1.29, 1.82) is 0 Å². The zero-order chi connectivity index (χ0) is 20.4. The molecule has 2 aliphatic rings. The molecule has 1 N–H and O–H groups in total. The van der Waals surface area contributed by atoms with Crippen molar-refractivity contribution >= 4 is 17.5 Å². The fourth-order valence-electron chi connectivity index (χ4n) is 4.73. The number of hydrogen-bond acceptors (Lipinski definition) is 3. The van der Waals surface area contributed by atoms with Crippen LogP contribution in [0.3, 0.4) is 0 Å². The lowest BCUT2D eigenvalue weighted by Crippen LogP contribution is -2.61. The number of phenols is 1. The van der Waals surface area contributed by atoms with E-state index in [4.69, 9.17) is 0 Å². The Morgan fingerprint density at radius 2 is 1.66 bits per heavy atom. The van der Waals surface area contributed by atoms with Crippen molar-refractivity contribution in [3.63, 3.8) is 0 Å². The first kappa shape index (κ1) is 19.5. The standard InChI is InChI=1S/C24H28N2O3/c1-18-4-9-20(10-5-18)25-16-2-14-24(23(25)29)15-3-17-26(24)22(28)13-8-19-6-11-21(27)12-7-19/h4-7,9-12,27H,2-3,8,13-17H2,1H3. The maximum Gasteiger partial charge on any atom is 0.252 e. The molecule has 2 fully saturated rings. The summed E-state index contributed by atoms with van der Waals surface area (Å²) in [6, 6.07) is 15.0. The van der Waals surface area contributed by atoms with Crippen molar-refractivity contribution < 1.29 is 14.7 Å². The minimum absolute atomic E-state index is 0.0506. The van der Waals surface area contributed by atoms with E-state index < -0.39 is 5.54 Å². The number of likely N-dealkylation sites (tertiary alicyclic amines) is 1. The molecule has 0 bridgehead atoms. The Balaban J connectivity index is 1.50. The van der Waals surface area contributed by atoms with Crippen LogP contribution in [0.4, 0.5) is 5.69 Å². The van der Waals surface area contributed by atoms with Crippen LogP contribution in [0.25, 0.3) is 0 Å². The number of benzene rings is 2. The van der Waals surface area contributed by atoms with E-state index in [1.54, 1.807) is 12.1 Å². The zero-order valence-electron chi connectivity index (χ0n) is 16.9. The number of aromatic hydroxyl groups is 1. The Morgan fingerprint density at radius 1 is 1.00 bits per heavy atom. The lowest BCUT2D eigenvalue weighted by molar-refractivity contribution is -0.145. The smallest absolute Gasteiger partial charge is 0.252 e. The normalized spacial score (nSPS) is 21.8. The lowest BCUT2D eigenvalue weighted by Gasteiger charge is -2.44. The van der Waals surface area contributed by atoms with Crippen LogP contribution in [-0.4, -0.2) is 40.4 Å². The van der Waals surface area contributed by atoms with Crippen LogP contribution in [0.2, 0.25) is 0 Å². The molecule has 2 aromatic rings. The van der Waals surface area contributed by atoms with Crippen molar-refractivity contribution in [2.24, 2.45) is 0 Å². The summed E-state index contributed by atoms with van der Waals surface area (Å²) in [5, 5.41) is 9.42. The molecule has 1 atom stereocenters. The molecule has 1 unspecified atom stereocenters. The molecule has 2 amide bonds. The molecule has 5 nitrogen and oxygen atoms in total. The molecule has 0 saturated carbocycles. The molecule has 2 aliphatic heterocycles. The monoisotopic (exact) mass is 392 g/mol. The van der Waals surface area contributed by atoms with Gasteiger partial charge >= 0.3 is 0 Å². The van der Waals surface area contributed by atoms with Gasteiger partial charge in [-0.15, -0.1) is 0 Å². The molecule has 2 aromatic carbocycles. The fraction of sp³-hybridized carbons (Fsp3) is 0.417. The van der Waals surface area contributed by atoms with Crippen LogP contribution in [0, 0.1) is 6.92 Å². The highest BCUT2D eigenvalue weighted by molar-refractivity contribution is 6.03. The fourth-order valence-corrected chi connectivity index (χ4v) is 4.73. The second kappa shape index (κ2) is 7.90. The third-order valence-corrected chi connectivity index (χ3v) is 6.31. The number of aryl methyl sites for hydroxylation is 2. The summed E-state index contributed by atoms with van der Waals surface area (Å²) in [6.45, 7) is 3.40. The van der Waals surface area contributed by atoms with E-state index in [2.05, 4.69) is 0 Å². The number of phenolic OH excluding ortho intramolecular Hbond substituents is 1. The van der Waals surface area contributed by atoms with Gasteiger partial charge in [-0.3, -0.25) is 9.59 Å². The van der Waals surface area contributed by atoms with Crippen LogP contribution in [-0.2, 0) is 16.0 Å². The quantitative estimate of drug-likeness (QED) is 0.860. The first-order chi connectivity index (χ1) is 14.0. The van der Waals surface area contributed by atoms with E-state index in [1.165, 1.54) is 5.56 Å². The van der Waals surface area contributed by atoms with Crippen LogP contribution in [0.1, 0.15) is 43.2 Å². The van der Waals surface area contributed by atoms with E-state index in [1.807, 2.05) is 53.1 Å². The van der Waals surface area contributed by atoms with Gasteiger partial charge in [-0.05, 0) is 68.9 Å². The summed E-state index contributed by atoms with van der Waals surface area (Å²) >= 11 is 0. The van der Waals surface area contributed by atoms with Crippen LogP contribution < -0.4 is 4.90 Å². The van der Waals surface area contributed by atoms with Gasteiger partial charge in [0.25, 0.3) is 5.91 Å². The molecular weight excluding hydrogens is 364 g/mol. The van der Waals surface area contributed by atoms with E-state index >= 15 is 0 Å². The van der Waals surface area contributed by atoms with Gasteiger partial charge < -0.3 is 14.9 Å². The highest BCUT2D eigenvalue weighted by atomic mass is 16.3. The van der Waals surface area contributed by atoms with E-state index in [0.29, 0.717) is 25.9 Å². The molecule has 2 saturated heterocycles. The Labute approximate surface area is 171 Å². The first-order valence-corrected chi connectivity index (χ1v) is 10.5. The van der Waals surface area contributed by atoms with Gasteiger partial charge in [0, 0.05) is 25.2 Å². The number of carbonyl (C=O) groups is 2. The van der Waals surface area contributed by atoms with Gasteiger partial charge in [0.2, 0.25) is 5.91 Å². The second-order valence-corrected chi connectivity index (χ2v) is 8.24. The first-order valence-electron chi connectivity index (χ1n) is 10.5. The average molecular weight is 392 g/mol. The molecule has 152 valence electrons. The average Bonchev–Trinajstić information content (AvgIpc) is 3.15. The summed E-state index contributed by atoms with van der Waals surface area (Å²) in [6.07, 6.45) is 4.27. The predicted molar refractivity (Wildman–Crippen MR) is 113 cm³/mol. The maximum atomic E-state index is 13.6. The summed E-state index contributed by atoms with van der Waals surface area (Å²) in [4.78, 5) is 30.4. The number of hydrogen-bond donors (Lipinski definition) is 1. The van der Waals surface area contributed by atoms with Gasteiger partial charge in [0.05, 0.1) is 0 Å². The van der Waals surface area contributed by atoms with Gasteiger partial charge in [-0.25, -0.2) is 0 Å². The number of carbonyl (C=O) groups excluding carboxylic acids is 2. The van der Waals surface area contributed by atoms with Crippen LogP contribution in [0.15, 0.2) is 48.5 Å². The minimum atomic E-state index is -0.685. The summed E-state index contributed by atoms with van der Waals surface area (Å²) in [5.74, 6) is 0.348. The number of amides is 2. The molecule has 4 rings (SSSR count). The molecule has 0 radical (unpaired) electrons. The second-order valence-electron chi connectivity index (χ2n) is 8.24. The third kappa shape index (κ3) is 3.74. The molecule has 2 heterocycles. The van der Waals surface area contributed by atoms with Crippen LogP contribution in [0.5, 0.6) is 5.75 Å². The number of nitrogens with zero attached hydrogens (tertiary/aromatic N) is 2. The molecule has 5 heteroatoms. The zero-order valence-corrected chi connectivity index (χ0v) is 16.9. The highest BCUT2D eigenvalue weighted by Crippen LogP contribution is 2.40. The van der Waals surface area contributed by atoms with Crippen molar-refractivity contribution in [3.05, 3.63) is 59.7 Å². The predicted octanol–water partition coefficient (Wildman–Crippen LogP) is 3.82. The molecule has 1 spiro atoms. The summed E-state index contributed by atoms with van der Waals surface area (Å²) in [7, 11) is 0. The van der Waals surface area contributed by atoms with Crippen molar-refractivity contribution in [1.82, 2.24) is 4.90 Å². The number of rotatable bonds is 4. The lowest BCUT2D eigenvalue weighted by atomic mass is 9.84. The van der Waals surface area contributed by atoms with Crippen molar-refractivity contribution in [3.8, 4) is 5.75 Å².